The number of piperidine rings is 1. The molecule has 5 rings (SSSR count). The first-order valence-electron chi connectivity index (χ1n) is 9.96. The highest BCUT2D eigenvalue weighted by atomic mass is 35.5. The number of aryl methyl sites for hydroxylation is 2. The van der Waals surface area contributed by atoms with Gasteiger partial charge in [-0.05, 0) is 67.9 Å². The van der Waals surface area contributed by atoms with Gasteiger partial charge in [0.25, 0.3) is 5.56 Å². The van der Waals surface area contributed by atoms with Crippen LogP contribution in [0, 0.1) is 0 Å². The van der Waals surface area contributed by atoms with E-state index in [0.29, 0.717) is 10.9 Å². The standard InChI is InChI=1S/C22H22ClN3OS/c23-17(13-14-7-9-15(10-8-14)26-11-2-1-3-12-26)20-24-21(27)19-16-5-4-6-18(16)28-22(19)25-20/h7-10,13H,1-6,11-12H2,(H,24,25,27)/b17-13-. The molecule has 0 amide bonds. The Labute approximate surface area is 172 Å². The molecule has 3 aromatic rings. The summed E-state index contributed by atoms with van der Waals surface area (Å²) in [5.41, 5.74) is 3.37. The molecule has 1 aliphatic heterocycles. The fraction of sp³-hybridized carbons (Fsp3) is 0.364. The highest BCUT2D eigenvalue weighted by Crippen LogP contribution is 2.35. The summed E-state index contributed by atoms with van der Waals surface area (Å²) in [7, 11) is 0. The molecule has 1 N–H and O–H groups in total. The van der Waals surface area contributed by atoms with Gasteiger partial charge in [0.2, 0.25) is 0 Å². The number of nitrogens with zero attached hydrogens (tertiary/aromatic N) is 2. The maximum Gasteiger partial charge on any atom is 0.260 e. The second kappa shape index (κ2) is 7.37. The number of fused-ring (bicyclic) bond motifs is 3. The topological polar surface area (TPSA) is 49.0 Å². The molecule has 0 bridgehead atoms. The SMILES string of the molecule is O=c1[nH]c(/C(Cl)=C/c2ccc(N3CCCCC3)cc2)nc2sc3c(c12)CCC3. The number of halogens is 1. The molecule has 2 aromatic heterocycles. The number of thiophene rings is 1. The van der Waals surface area contributed by atoms with Gasteiger partial charge in [-0.25, -0.2) is 4.98 Å². The molecular formula is C22H22ClN3OS. The normalized spacial score (nSPS) is 17.3. The zero-order valence-electron chi connectivity index (χ0n) is 15.6. The number of anilines is 1. The number of aromatic nitrogens is 2. The maximum absolute atomic E-state index is 12.6. The van der Waals surface area contributed by atoms with E-state index in [1.165, 1.54) is 35.4 Å². The van der Waals surface area contributed by atoms with Gasteiger partial charge >= 0.3 is 0 Å². The van der Waals surface area contributed by atoms with Gasteiger partial charge in [-0.3, -0.25) is 4.79 Å². The third-order valence-corrected chi connectivity index (χ3v) is 7.18. The smallest absolute Gasteiger partial charge is 0.260 e. The number of hydrogen-bond acceptors (Lipinski definition) is 4. The lowest BCUT2D eigenvalue weighted by Crippen LogP contribution is -2.29. The molecule has 0 radical (unpaired) electrons. The Morgan fingerprint density at radius 3 is 2.68 bits per heavy atom. The number of rotatable bonds is 3. The van der Waals surface area contributed by atoms with E-state index in [1.807, 2.05) is 6.08 Å². The summed E-state index contributed by atoms with van der Waals surface area (Å²) in [6.07, 6.45) is 8.89. The van der Waals surface area contributed by atoms with Crippen LogP contribution in [0.4, 0.5) is 5.69 Å². The molecule has 0 saturated carbocycles. The van der Waals surface area contributed by atoms with Crippen LogP contribution in [-0.2, 0) is 12.8 Å². The second-order valence-electron chi connectivity index (χ2n) is 7.58. The molecule has 144 valence electrons. The largest absolute Gasteiger partial charge is 0.372 e. The lowest BCUT2D eigenvalue weighted by molar-refractivity contribution is 0.578. The molecule has 1 aromatic carbocycles. The van der Waals surface area contributed by atoms with E-state index in [-0.39, 0.29) is 5.56 Å². The second-order valence-corrected chi connectivity index (χ2v) is 9.07. The Hall–Kier alpha value is -2.11. The summed E-state index contributed by atoms with van der Waals surface area (Å²) in [6, 6.07) is 8.43. The minimum atomic E-state index is -0.0774. The summed E-state index contributed by atoms with van der Waals surface area (Å²) < 4.78 is 0. The Morgan fingerprint density at radius 1 is 1.11 bits per heavy atom. The molecule has 0 spiro atoms. The van der Waals surface area contributed by atoms with Crippen molar-refractivity contribution in [2.24, 2.45) is 0 Å². The summed E-state index contributed by atoms with van der Waals surface area (Å²) in [4.78, 5) is 24.7. The molecule has 3 heterocycles. The quantitative estimate of drug-likeness (QED) is 0.644. The fourth-order valence-corrected chi connectivity index (χ4v) is 5.74. The number of H-pyrrole nitrogens is 1. The van der Waals surface area contributed by atoms with Crippen molar-refractivity contribution in [1.29, 1.82) is 0 Å². The first-order valence-corrected chi connectivity index (χ1v) is 11.2. The van der Waals surface area contributed by atoms with Crippen LogP contribution in [0.3, 0.4) is 0 Å². The summed E-state index contributed by atoms with van der Waals surface area (Å²) in [5, 5.41) is 1.22. The van der Waals surface area contributed by atoms with Crippen LogP contribution in [0.2, 0.25) is 0 Å². The van der Waals surface area contributed by atoms with Crippen LogP contribution >= 0.6 is 22.9 Å². The van der Waals surface area contributed by atoms with E-state index in [4.69, 9.17) is 11.6 Å². The van der Waals surface area contributed by atoms with Gasteiger partial charge in [-0.1, -0.05) is 23.7 Å². The van der Waals surface area contributed by atoms with E-state index in [1.54, 1.807) is 11.3 Å². The zero-order valence-corrected chi connectivity index (χ0v) is 17.2. The monoisotopic (exact) mass is 411 g/mol. The van der Waals surface area contributed by atoms with Crippen molar-refractivity contribution >= 4 is 50.0 Å². The van der Waals surface area contributed by atoms with Crippen LogP contribution in [0.15, 0.2) is 29.1 Å². The summed E-state index contributed by atoms with van der Waals surface area (Å²) in [6.45, 7) is 2.26. The molecule has 1 fully saturated rings. The Kier molecular flexibility index (Phi) is 4.73. The minimum absolute atomic E-state index is 0.0774. The average molecular weight is 412 g/mol. The van der Waals surface area contributed by atoms with Crippen molar-refractivity contribution in [2.75, 3.05) is 18.0 Å². The van der Waals surface area contributed by atoms with E-state index in [0.717, 1.165) is 48.1 Å². The maximum atomic E-state index is 12.6. The average Bonchev–Trinajstić information content (AvgIpc) is 3.30. The molecule has 1 saturated heterocycles. The Bertz CT molecular complexity index is 1110. The van der Waals surface area contributed by atoms with Crippen molar-refractivity contribution in [3.05, 3.63) is 56.4 Å². The fourth-order valence-electron chi connectivity index (χ4n) is 4.26. The van der Waals surface area contributed by atoms with Gasteiger partial charge in [0, 0.05) is 23.7 Å². The number of aromatic amines is 1. The van der Waals surface area contributed by atoms with Gasteiger partial charge in [0.15, 0.2) is 5.82 Å². The molecule has 0 unspecified atom stereocenters. The third kappa shape index (κ3) is 3.27. The molecule has 0 atom stereocenters. The Morgan fingerprint density at radius 2 is 1.89 bits per heavy atom. The molecule has 6 heteroatoms. The van der Waals surface area contributed by atoms with Gasteiger partial charge in [0.1, 0.15) is 4.83 Å². The van der Waals surface area contributed by atoms with Crippen LogP contribution in [-0.4, -0.2) is 23.1 Å². The zero-order chi connectivity index (χ0) is 19.1. The van der Waals surface area contributed by atoms with Gasteiger partial charge in [-0.2, -0.15) is 0 Å². The molecular weight excluding hydrogens is 390 g/mol. The molecule has 1 aliphatic carbocycles. The summed E-state index contributed by atoms with van der Waals surface area (Å²) in [5.74, 6) is 0.444. The molecule has 28 heavy (non-hydrogen) atoms. The lowest BCUT2D eigenvalue weighted by Gasteiger charge is -2.28. The van der Waals surface area contributed by atoms with Crippen LogP contribution in [0.25, 0.3) is 21.3 Å². The predicted octanol–water partition coefficient (Wildman–Crippen LogP) is 5.20. The van der Waals surface area contributed by atoms with Crippen molar-refractivity contribution in [2.45, 2.75) is 38.5 Å². The number of benzene rings is 1. The van der Waals surface area contributed by atoms with Crippen molar-refractivity contribution in [1.82, 2.24) is 9.97 Å². The van der Waals surface area contributed by atoms with Crippen molar-refractivity contribution in [3.8, 4) is 0 Å². The third-order valence-electron chi connectivity index (χ3n) is 5.71. The van der Waals surface area contributed by atoms with Crippen LogP contribution in [0.5, 0.6) is 0 Å². The summed E-state index contributed by atoms with van der Waals surface area (Å²) >= 11 is 8.15. The predicted molar refractivity (Wildman–Crippen MR) is 118 cm³/mol. The van der Waals surface area contributed by atoms with E-state index >= 15 is 0 Å². The number of hydrogen-bond donors (Lipinski definition) is 1. The van der Waals surface area contributed by atoms with Crippen LogP contribution < -0.4 is 10.5 Å². The van der Waals surface area contributed by atoms with Crippen molar-refractivity contribution in [3.63, 3.8) is 0 Å². The molecule has 2 aliphatic rings. The van der Waals surface area contributed by atoms with Crippen molar-refractivity contribution < 1.29 is 0 Å². The number of nitrogens with one attached hydrogen (secondary N) is 1. The highest BCUT2D eigenvalue weighted by molar-refractivity contribution is 7.18. The lowest BCUT2D eigenvalue weighted by atomic mass is 10.1. The van der Waals surface area contributed by atoms with Crippen LogP contribution in [0.1, 0.15) is 47.5 Å². The van der Waals surface area contributed by atoms with E-state index in [2.05, 4.69) is 39.1 Å². The highest BCUT2D eigenvalue weighted by Gasteiger charge is 2.21. The van der Waals surface area contributed by atoms with E-state index < -0.39 is 0 Å². The Balaban J connectivity index is 1.43. The van der Waals surface area contributed by atoms with E-state index in [9.17, 15) is 4.79 Å². The van der Waals surface area contributed by atoms with Gasteiger partial charge in [-0.15, -0.1) is 11.3 Å². The molecule has 4 nitrogen and oxygen atoms in total. The first kappa shape index (κ1) is 18.0. The first-order chi connectivity index (χ1) is 13.7. The van der Waals surface area contributed by atoms with Gasteiger partial charge in [0.05, 0.1) is 10.4 Å². The van der Waals surface area contributed by atoms with Gasteiger partial charge < -0.3 is 9.88 Å². The minimum Gasteiger partial charge on any atom is -0.372 e.